The number of phenolic OH excluding ortho intramolecular Hbond substituents is 1. The standard InChI is InChI=1S/C31H33NO7/c1-5-15-39-25-14-10-22(16-19(25)3)29(34)27-28(21-9-13-24(33)26(17-21)38-6-2)32(31(36)30(27)35)18-20-7-11-23(37-4)12-8-20/h7-14,16-17,28,33-34H,5-6,15,18H2,1-4H3/b29-27-. The summed E-state index contributed by atoms with van der Waals surface area (Å²) >= 11 is 0. The van der Waals surface area contributed by atoms with Gasteiger partial charge in [-0.1, -0.05) is 25.1 Å². The highest BCUT2D eigenvalue weighted by molar-refractivity contribution is 6.46. The minimum Gasteiger partial charge on any atom is -0.507 e. The Morgan fingerprint density at radius 1 is 0.949 bits per heavy atom. The average molecular weight is 532 g/mol. The van der Waals surface area contributed by atoms with E-state index in [0.29, 0.717) is 35.8 Å². The summed E-state index contributed by atoms with van der Waals surface area (Å²) in [4.78, 5) is 28.2. The molecule has 1 amide bonds. The number of amides is 1. The number of likely N-dealkylation sites (tertiary alicyclic amines) is 1. The van der Waals surface area contributed by atoms with E-state index in [2.05, 4.69) is 0 Å². The summed E-state index contributed by atoms with van der Waals surface area (Å²) in [6, 6.07) is 16.1. The molecule has 0 saturated carbocycles. The van der Waals surface area contributed by atoms with Gasteiger partial charge < -0.3 is 29.3 Å². The van der Waals surface area contributed by atoms with Crippen LogP contribution in [-0.4, -0.2) is 47.1 Å². The van der Waals surface area contributed by atoms with Crippen LogP contribution in [0.4, 0.5) is 0 Å². The number of aliphatic hydroxyl groups excluding tert-OH is 1. The minimum absolute atomic E-state index is 0.0386. The van der Waals surface area contributed by atoms with Crippen LogP contribution in [0.2, 0.25) is 0 Å². The number of Topliss-reactive ketones (excluding diaryl/α,β-unsaturated/α-hetero) is 1. The van der Waals surface area contributed by atoms with Crippen molar-refractivity contribution >= 4 is 17.4 Å². The van der Waals surface area contributed by atoms with Gasteiger partial charge in [-0.15, -0.1) is 0 Å². The average Bonchev–Trinajstić information content (AvgIpc) is 3.18. The number of aryl methyl sites for hydroxylation is 1. The molecule has 1 heterocycles. The van der Waals surface area contributed by atoms with Crippen molar-refractivity contribution in [3.8, 4) is 23.0 Å². The molecule has 39 heavy (non-hydrogen) atoms. The van der Waals surface area contributed by atoms with E-state index in [-0.39, 0.29) is 29.4 Å². The third kappa shape index (κ3) is 5.70. The molecule has 1 unspecified atom stereocenters. The van der Waals surface area contributed by atoms with Crippen LogP contribution < -0.4 is 14.2 Å². The van der Waals surface area contributed by atoms with Gasteiger partial charge in [-0.2, -0.15) is 0 Å². The van der Waals surface area contributed by atoms with Gasteiger partial charge in [0.15, 0.2) is 11.5 Å². The molecule has 1 fully saturated rings. The Bertz CT molecular complexity index is 1390. The molecule has 0 aromatic heterocycles. The van der Waals surface area contributed by atoms with Gasteiger partial charge in [-0.05, 0) is 79.4 Å². The Balaban J connectivity index is 1.83. The highest BCUT2D eigenvalue weighted by atomic mass is 16.5. The van der Waals surface area contributed by atoms with Crippen LogP contribution in [0.15, 0.2) is 66.2 Å². The summed E-state index contributed by atoms with van der Waals surface area (Å²) in [5, 5.41) is 21.7. The Hall–Kier alpha value is -4.46. The monoisotopic (exact) mass is 531 g/mol. The summed E-state index contributed by atoms with van der Waals surface area (Å²) in [5.74, 6) is -0.302. The zero-order valence-corrected chi connectivity index (χ0v) is 22.6. The van der Waals surface area contributed by atoms with Crippen molar-refractivity contribution < 1.29 is 34.0 Å². The van der Waals surface area contributed by atoms with Gasteiger partial charge in [-0.3, -0.25) is 9.59 Å². The Morgan fingerprint density at radius 3 is 2.33 bits per heavy atom. The summed E-state index contributed by atoms with van der Waals surface area (Å²) in [5.41, 5.74) is 2.44. The number of aliphatic hydroxyl groups is 1. The molecule has 3 aromatic rings. The third-order valence-electron chi connectivity index (χ3n) is 6.56. The predicted octanol–water partition coefficient (Wildman–Crippen LogP) is 5.52. The maximum atomic E-state index is 13.4. The number of phenols is 1. The van der Waals surface area contributed by atoms with Crippen LogP contribution in [0.25, 0.3) is 5.76 Å². The van der Waals surface area contributed by atoms with Crippen molar-refractivity contribution in [3.05, 3.63) is 88.5 Å². The number of rotatable bonds is 10. The number of benzene rings is 3. The maximum Gasteiger partial charge on any atom is 0.295 e. The van der Waals surface area contributed by atoms with Crippen LogP contribution in [0.5, 0.6) is 23.0 Å². The number of aromatic hydroxyl groups is 1. The zero-order chi connectivity index (χ0) is 28.1. The molecule has 1 atom stereocenters. The topological polar surface area (TPSA) is 106 Å². The van der Waals surface area contributed by atoms with Gasteiger partial charge in [0.1, 0.15) is 17.3 Å². The molecule has 1 saturated heterocycles. The molecule has 1 aliphatic heterocycles. The molecule has 0 radical (unpaired) electrons. The second kappa shape index (κ2) is 11.9. The Morgan fingerprint density at radius 2 is 1.69 bits per heavy atom. The molecule has 0 aliphatic carbocycles. The van der Waals surface area contributed by atoms with E-state index >= 15 is 0 Å². The van der Waals surface area contributed by atoms with Crippen LogP contribution in [-0.2, 0) is 16.1 Å². The minimum atomic E-state index is -0.914. The number of hydrogen-bond acceptors (Lipinski definition) is 7. The molecule has 204 valence electrons. The largest absolute Gasteiger partial charge is 0.507 e. The maximum absolute atomic E-state index is 13.4. The number of ketones is 1. The van der Waals surface area contributed by atoms with Gasteiger partial charge in [0.25, 0.3) is 11.7 Å². The first-order valence-electron chi connectivity index (χ1n) is 12.9. The number of carbonyl (C=O) groups is 2. The summed E-state index contributed by atoms with van der Waals surface area (Å²) in [6.07, 6.45) is 0.856. The molecule has 1 aliphatic rings. The van der Waals surface area contributed by atoms with Crippen molar-refractivity contribution in [3.63, 3.8) is 0 Å². The first-order chi connectivity index (χ1) is 18.8. The van der Waals surface area contributed by atoms with E-state index in [1.807, 2.05) is 26.0 Å². The van der Waals surface area contributed by atoms with E-state index in [0.717, 1.165) is 17.5 Å². The number of ether oxygens (including phenoxy) is 3. The van der Waals surface area contributed by atoms with Crippen LogP contribution in [0.1, 0.15) is 48.6 Å². The molecule has 0 spiro atoms. The van der Waals surface area contributed by atoms with Gasteiger partial charge in [0.2, 0.25) is 0 Å². The normalized spacial score (nSPS) is 16.4. The van der Waals surface area contributed by atoms with Gasteiger partial charge >= 0.3 is 0 Å². The highest BCUT2D eigenvalue weighted by Crippen LogP contribution is 2.43. The fourth-order valence-electron chi connectivity index (χ4n) is 4.62. The van der Waals surface area contributed by atoms with Gasteiger partial charge in [-0.25, -0.2) is 0 Å². The lowest BCUT2D eigenvalue weighted by Gasteiger charge is -2.26. The quantitative estimate of drug-likeness (QED) is 0.202. The SMILES string of the molecule is CCCOc1ccc(/C(O)=C2/C(=O)C(=O)N(Cc3ccc(OC)cc3)C2c2ccc(O)c(OCC)c2)cc1C. The summed E-state index contributed by atoms with van der Waals surface area (Å²) < 4.78 is 16.5. The van der Waals surface area contributed by atoms with E-state index in [9.17, 15) is 19.8 Å². The lowest BCUT2D eigenvalue weighted by molar-refractivity contribution is -0.140. The molecular weight excluding hydrogens is 498 g/mol. The number of hydrogen-bond donors (Lipinski definition) is 2. The summed E-state index contributed by atoms with van der Waals surface area (Å²) in [6.45, 7) is 6.65. The number of methoxy groups -OCH3 is 1. The van der Waals surface area contributed by atoms with Crippen molar-refractivity contribution in [2.45, 2.75) is 39.8 Å². The van der Waals surface area contributed by atoms with Crippen molar-refractivity contribution in [1.29, 1.82) is 0 Å². The second-order valence-corrected chi connectivity index (χ2v) is 9.26. The molecule has 8 heteroatoms. The van der Waals surface area contributed by atoms with Crippen LogP contribution >= 0.6 is 0 Å². The highest BCUT2D eigenvalue weighted by Gasteiger charge is 2.46. The Labute approximate surface area is 228 Å². The third-order valence-corrected chi connectivity index (χ3v) is 6.56. The Kier molecular flexibility index (Phi) is 8.44. The lowest BCUT2D eigenvalue weighted by Crippen LogP contribution is -2.29. The van der Waals surface area contributed by atoms with Gasteiger partial charge in [0, 0.05) is 12.1 Å². The fraction of sp³-hybridized carbons (Fsp3) is 0.290. The van der Waals surface area contributed by atoms with E-state index in [4.69, 9.17) is 14.2 Å². The molecular formula is C31H33NO7. The summed E-state index contributed by atoms with van der Waals surface area (Å²) in [7, 11) is 1.57. The van der Waals surface area contributed by atoms with Gasteiger partial charge in [0.05, 0.1) is 31.9 Å². The smallest absolute Gasteiger partial charge is 0.295 e. The molecule has 4 rings (SSSR count). The molecule has 8 nitrogen and oxygen atoms in total. The van der Waals surface area contributed by atoms with Crippen molar-refractivity contribution in [2.24, 2.45) is 0 Å². The van der Waals surface area contributed by atoms with Crippen LogP contribution in [0.3, 0.4) is 0 Å². The van der Waals surface area contributed by atoms with Crippen molar-refractivity contribution in [2.75, 3.05) is 20.3 Å². The predicted molar refractivity (Wildman–Crippen MR) is 147 cm³/mol. The second-order valence-electron chi connectivity index (χ2n) is 9.26. The lowest BCUT2D eigenvalue weighted by atomic mass is 9.94. The van der Waals surface area contributed by atoms with Crippen LogP contribution in [0, 0.1) is 6.92 Å². The van der Waals surface area contributed by atoms with E-state index < -0.39 is 17.7 Å². The van der Waals surface area contributed by atoms with Crippen molar-refractivity contribution in [1.82, 2.24) is 4.90 Å². The molecule has 3 aromatic carbocycles. The molecule has 2 N–H and O–H groups in total. The number of nitrogens with zero attached hydrogens (tertiary/aromatic N) is 1. The molecule has 0 bridgehead atoms. The zero-order valence-electron chi connectivity index (χ0n) is 22.6. The first kappa shape index (κ1) is 27.6. The first-order valence-corrected chi connectivity index (χ1v) is 12.9. The van der Waals surface area contributed by atoms with E-state index in [1.54, 1.807) is 56.5 Å². The fourth-order valence-corrected chi connectivity index (χ4v) is 4.62. The van der Waals surface area contributed by atoms with E-state index in [1.165, 1.54) is 11.0 Å². The number of carbonyl (C=O) groups excluding carboxylic acids is 2.